The molecule has 0 bridgehead atoms. The minimum absolute atomic E-state index is 0.0975. The molecular weight excluding hydrogens is 184 g/mol. The zero-order valence-corrected chi connectivity index (χ0v) is 8.49. The van der Waals surface area contributed by atoms with Gasteiger partial charge in [0.2, 0.25) is 5.91 Å². The molecule has 0 aromatic rings. The van der Waals surface area contributed by atoms with E-state index in [4.69, 9.17) is 5.11 Å². The molecule has 14 heavy (non-hydrogen) atoms. The smallest absolute Gasteiger partial charge is 0.404 e. The van der Waals surface area contributed by atoms with Crippen LogP contribution in [0.5, 0.6) is 0 Å². The summed E-state index contributed by atoms with van der Waals surface area (Å²) in [5.74, 6) is 0.232. The Morgan fingerprint density at radius 2 is 2.36 bits per heavy atom. The number of piperidine rings is 1. The highest BCUT2D eigenvalue weighted by atomic mass is 16.4. The van der Waals surface area contributed by atoms with E-state index in [9.17, 15) is 9.59 Å². The summed E-state index contributed by atoms with van der Waals surface area (Å²) in [6.07, 6.45) is 0.283. The van der Waals surface area contributed by atoms with E-state index in [1.165, 1.54) is 0 Å². The van der Waals surface area contributed by atoms with E-state index in [2.05, 4.69) is 5.32 Å². The Morgan fingerprint density at radius 3 is 2.86 bits per heavy atom. The van der Waals surface area contributed by atoms with Gasteiger partial charge in [0.15, 0.2) is 0 Å². The summed E-state index contributed by atoms with van der Waals surface area (Å²) in [5.41, 5.74) is 0. The lowest BCUT2D eigenvalue weighted by molar-refractivity contribution is -0.133. The van der Waals surface area contributed by atoms with Crippen LogP contribution < -0.4 is 5.32 Å². The van der Waals surface area contributed by atoms with Crippen molar-refractivity contribution in [3.8, 4) is 0 Å². The molecule has 0 radical (unpaired) electrons. The van der Waals surface area contributed by atoms with E-state index in [1.54, 1.807) is 18.9 Å². The van der Waals surface area contributed by atoms with Crippen LogP contribution in [0.15, 0.2) is 0 Å². The molecule has 1 saturated heterocycles. The molecule has 0 aliphatic carbocycles. The Balaban J connectivity index is 2.46. The molecule has 5 heteroatoms. The Labute approximate surface area is 83.1 Å². The van der Waals surface area contributed by atoms with Crippen molar-refractivity contribution in [1.29, 1.82) is 0 Å². The molecule has 1 aliphatic heterocycles. The molecule has 0 aromatic carbocycles. The highest BCUT2D eigenvalue weighted by Gasteiger charge is 2.27. The fraction of sp³-hybridized carbons (Fsp3) is 0.778. The van der Waals surface area contributed by atoms with Crippen LogP contribution in [0.4, 0.5) is 4.79 Å². The van der Waals surface area contributed by atoms with Crippen LogP contribution in [0.3, 0.4) is 0 Å². The van der Waals surface area contributed by atoms with Gasteiger partial charge < -0.3 is 15.3 Å². The van der Waals surface area contributed by atoms with E-state index in [0.29, 0.717) is 6.42 Å². The third-order valence-corrected chi connectivity index (χ3v) is 2.76. The van der Waals surface area contributed by atoms with Crippen LogP contribution in [0.2, 0.25) is 0 Å². The second-order valence-electron chi connectivity index (χ2n) is 3.81. The van der Waals surface area contributed by atoms with Gasteiger partial charge in [-0.1, -0.05) is 0 Å². The van der Waals surface area contributed by atoms with Gasteiger partial charge in [-0.25, -0.2) is 4.79 Å². The predicted molar refractivity (Wildman–Crippen MR) is 51.0 cm³/mol. The SMILES string of the molecule is CC(NC(=O)O)C1CCN(C)C(=O)C1. The molecule has 1 fully saturated rings. The molecule has 80 valence electrons. The van der Waals surface area contributed by atoms with Crippen molar-refractivity contribution >= 4 is 12.0 Å². The largest absolute Gasteiger partial charge is 0.465 e. The minimum Gasteiger partial charge on any atom is -0.465 e. The predicted octanol–water partition coefficient (Wildman–Crippen LogP) is 0.511. The number of rotatable bonds is 2. The van der Waals surface area contributed by atoms with E-state index >= 15 is 0 Å². The van der Waals surface area contributed by atoms with Gasteiger partial charge in [-0.15, -0.1) is 0 Å². The van der Waals surface area contributed by atoms with Gasteiger partial charge in [-0.05, 0) is 19.3 Å². The number of hydrogen-bond acceptors (Lipinski definition) is 2. The number of carboxylic acid groups (broad SMARTS) is 1. The minimum atomic E-state index is -1.02. The number of nitrogens with one attached hydrogen (secondary N) is 1. The van der Waals surface area contributed by atoms with E-state index in [1.807, 2.05) is 0 Å². The van der Waals surface area contributed by atoms with Crippen molar-refractivity contribution in [2.75, 3.05) is 13.6 Å². The second-order valence-corrected chi connectivity index (χ2v) is 3.81. The monoisotopic (exact) mass is 200 g/mol. The molecule has 2 amide bonds. The number of amides is 2. The quantitative estimate of drug-likeness (QED) is 0.682. The Morgan fingerprint density at radius 1 is 1.71 bits per heavy atom. The van der Waals surface area contributed by atoms with E-state index in [0.717, 1.165) is 13.0 Å². The molecule has 2 N–H and O–H groups in total. The molecular formula is C9H16N2O3. The van der Waals surface area contributed by atoms with Gasteiger partial charge in [0, 0.05) is 26.1 Å². The summed E-state index contributed by atoms with van der Waals surface area (Å²) in [6.45, 7) is 2.52. The summed E-state index contributed by atoms with van der Waals surface area (Å²) in [6, 6.07) is -0.148. The standard InChI is InChI=1S/C9H16N2O3/c1-6(10-9(13)14)7-3-4-11(2)8(12)5-7/h6-7,10H,3-5H2,1-2H3,(H,13,14). The first-order chi connectivity index (χ1) is 6.50. The maximum absolute atomic E-state index is 11.3. The molecule has 0 aromatic heterocycles. The van der Waals surface area contributed by atoms with E-state index < -0.39 is 6.09 Å². The van der Waals surface area contributed by atoms with Crippen molar-refractivity contribution in [3.05, 3.63) is 0 Å². The highest BCUT2D eigenvalue weighted by molar-refractivity contribution is 5.77. The van der Waals surface area contributed by atoms with Crippen molar-refractivity contribution in [1.82, 2.24) is 10.2 Å². The van der Waals surface area contributed by atoms with Crippen LogP contribution in [0, 0.1) is 5.92 Å². The average Bonchev–Trinajstić information content (AvgIpc) is 2.08. The summed E-state index contributed by atoms with van der Waals surface area (Å²) in [4.78, 5) is 23.4. The number of carbonyl (C=O) groups excluding carboxylic acids is 1. The van der Waals surface area contributed by atoms with Crippen LogP contribution in [0.1, 0.15) is 19.8 Å². The van der Waals surface area contributed by atoms with Crippen molar-refractivity contribution in [2.45, 2.75) is 25.8 Å². The number of likely N-dealkylation sites (tertiary alicyclic amines) is 1. The van der Waals surface area contributed by atoms with Crippen LogP contribution >= 0.6 is 0 Å². The highest BCUT2D eigenvalue weighted by Crippen LogP contribution is 2.20. The molecule has 2 unspecified atom stereocenters. The number of hydrogen-bond donors (Lipinski definition) is 2. The lowest BCUT2D eigenvalue weighted by atomic mass is 9.90. The summed E-state index contributed by atoms with van der Waals surface area (Å²) >= 11 is 0. The molecule has 5 nitrogen and oxygen atoms in total. The lowest BCUT2D eigenvalue weighted by Gasteiger charge is -2.32. The number of nitrogens with zero attached hydrogens (tertiary/aromatic N) is 1. The lowest BCUT2D eigenvalue weighted by Crippen LogP contribution is -2.44. The first-order valence-corrected chi connectivity index (χ1v) is 4.74. The normalized spacial score (nSPS) is 24.6. The second kappa shape index (κ2) is 4.30. The average molecular weight is 200 g/mol. The molecule has 1 heterocycles. The van der Waals surface area contributed by atoms with Gasteiger partial charge >= 0.3 is 6.09 Å². The van der Waals surface area contributed by atoms with Gasteiger partial charge in [0.05, 0.1) is 0 Å². The van der Waals surface area contributed by atoms with Crippen molar-refractivity contribution < 1.29 is 14.7 Å². The molecule has 0 spiro atoms. The third kappa shape index (κ3) is 2.61. The molecule has 1 aliphatic rings. The maximum atomic E-state index is 11.3. The van der Waals surface area contributed by atoms with Gasteiger partial charge in [0.1, 0.15) is 0 Å². The molecule has 1 rings (SSSR count). The van der Waals surface area contributed by atoms with E-state index in [-0.39, 0.29) is 17.9 Å². The fourth-order valence-corrected chi connectivity index (χ4v) is 1.71. The molecule has 0 saturated carbocycles. The van der Waals surface area contributed by atoms with Crippen LogP contribution in [-0.2, 0) is 4.79 Å². The van der Waals surface area contributed by atoms with Gasteiger partial charge in [-0.2, -0.15) is 0 Å². The number of carbonyl (C=O) groups is 2. The van der Waals surface area contributed by atoms with Crippen LogP contribution in [0.25, 0.3) is 0 Å². The summed E-state index contributed by atoms with van der Waals surface area (Å²) in [5, 5.41) is 10.9. The summed E-state index contributed by atoms with van der Waals surface area (Å²) in [7, 11) is 1.77. The Bertz CT molecular complexity index is 242. The van der Waals surface area contributed by atoms with Gasteiger partial charge in [-0.3, -0.25) is 4.79 Å². The zero-order chi connectivity index (χ0) is 10.7. The fourth-order valence-electron chi connectivity index (χ4n) is 1.71. The van der Waals surface area contributed by atoms with Crippen LogP contribution in [-0.4, -0.2) is 41.6 Å². The summed E-state index contributed by atoms with van der Waals surface area (Å²) < 4.78 is 0. The zero-order valence-electron chi connectivity index (χ0n) is 8.49. The Hall–Kier alpha value is -1.26. The third-order valence-electron chi connectivity index (χ3n) is 2.76. The first-order valence-electron chi connectivity index (χ1n) is 4.74. The van der Waals surface area contributed by atoms with Crippen molar-refractivity contribution in [2.24, 2.45) is 5.92 Å². The Kier molecular flexibility index (Phi) is 3.33. The first kappa shape index (κ1) is 10.8. The topological polar surface area (TPSA) is 69.6 Å². The van der Waals surface area contributed by atoms with Gasteiger partial charge in [0.25, 0.3) is 0 Å². The van der Waals surface area contributed by atoms with Crippen molar-refractivity contribution in [3.63, 3.8) is 0 Å². The molecule has 2 atom stereocenters. The maximum Gasteiger partial charge on any atom is 0.404 e.